The van der Waals surface area contributed by atoms with E-state index in [0.717, 1.165) is 5.75 Å². The average Bonchev–Trinajstić information content (AvgIpc) is 2.80. The normalized spacial score (nSPS) is 20.3. The molecular formula is C20H31OPS. The summed E-state index contributed by atoms with van der Waals surface area (Å²) in [5.74, 6) is 0.949. The summed E-state index contributed by atoms with van der Waals surface area (Å²) in [6.45, 7) is 9.18. The Bertz CT molecular complexity index is 631. The summed E-state index contributed by atoms with van der Waals surface area (Å²) in [6, 6.07) is 4.93. The van der Waals surface area contributed by atoms with Gasteiger partial charge in [-0.25, -0.2) is 0 Å². The van der Waals surface area contributed by atoms with Crippen molar-refractivity contribution in [1.29, 1.82) is 0 Å². The van der Waals surface area contributed by atoms with Crippen LogP contribution in [-0.4, -0.2) is 12.8 Å². The zero-order chi connectivity index (χ0) is 17.0. The fourth-order valence-electron chi connectivity index (χ4n) is 3.55. The van der Waals surface area contributed by atoms with Crippen LogP contribution in [0.4, 0.5) is 0 Å². The average molecular weight is 351 g/mol. The molecule has 1 aromatic rings. The number of unbranched alkanes of at least 4 members (excludes halogenated alkanes) is 2. The van der Waals surface area contributed by atoms with Gasteiger partial charge in [-0.15, -0.1) is 0 Å². The summed E-state index contributed by atoms with van der Waals surface area (Å²) >= 11 is 6.41. The van der Waals surface area contributed by atoms with Crippen LogP contribution >= 0.6 is 6.04 Å². The molecule has 0 bridgehead atoms. The number of allylic oxidation sites excluding steroid dienone is 2. The predicted octanol–water partition coefficient (Wildman–Crippen LogP) is 6.31. The van der Waals surface area contributed by atoms with Crippen molar-refractivity contribution >= 4 is 28.7 Å². The summed E-state index contributed by atoms with van der Waals surface area (Å²) < 4.78 is 5.50. The Labute approximate surface area is 147 Å². The van der Waals surface area contributed by atoms with Gasteiger partial charge in [0.05, 0.1) is 7.11 Å². The smallest absolute Gasteiger partial charge is 0.119 e. The minimum Gasteiger partial charge on any atom is -0.497 e. The van der Waals surface area contributed by atoms with E-state index < -0.39 is 6.04 Å². The lowest BCUT2D eigenvalue weighted by molar-refractivity contribution is 0.415. The molecular weight excluding hydrogens is 319 g/mol. The fourth-order valence-corrected chi connectivity index (χ4v) is 8.09. The van der Waals surface area contributed by atoms with Gasteiger partial charge in [-0.05, 0) is 59.9 Å². The number of hydrogen-bond acceptors (Lipinski definition) is 2. The van der Waals surface area contributed by atoms with Gasteiger partial charge in [0.1, 0.15) is 5.75 Å². The van der Waals surface area contributed by atoms with Crippen LogP contribution in [0.25, 0.3) is 5.57 Å². The van der Waals surface area contributed by atoms with Crippen molar-refractivity contribution in [2.45, 2.75) is 71.9 Å². The first-order valence-electron chi connectivity index (χ1n) is 9.01. The molecule has 0 aliphatic carbocycles. The van der Waals surface area contributed by atoms with Crippen LogP contribution < -0.4 is 10.0 Å². The molecule has 0 radical (unpaired) electrons. The van der Waals surface area contributed by atoms with E-state index in [4.69, 9.17) is 16.5 Å². The van der Waals surface area contributed by atoms with Crippen LogP contribution in [0.2, 0.25) is 0 Å². The second-order valence-corrected chi connectivity index (χ2v) is 11.9. The van der Waals surface area contributed by atoms with Gasteiger partial charge in [-0.2, -0.15) is 0 Å². The Hall–Kier alpha value is -0.590. The third-order valence-electron chi connectivity index (χ3n) is 4.91. The zero-order valence-electron chi connectivity index (χ0n) is 15.3. The summed E-state index contributed by atoms with van der Waals surface area (Å²) in [5, 5.41) is 3.04. The highest BCUT2D eigenvalue weighted by atomic mass is 32.4. The van der Waals surface area contributed by atoms with Crippen molar-refractivity contribution in [2.24, 2.45) is 0 Å². The fraction of sp³-hybridized carbons (Fsp3) is 0.600. The molecule has 1 unspecified atom stereocenters. The first-order valence-corrected chi connectivity index (χ1v) is 11.9. The van der Waals surface area contributed by atoms with Crippen molar-refractivity contribution in [3.05, 3.63) is 29.1 Å². The molecule has 1 aliphatic rings. The van der Waals surface area contributed by atoms with Crippen LogP contribution in [0.3, 0.4) is 0 Å². The number of ether oxygens (including phenoxy) is 1. The lowest BCUT2D eigenvalue weighted by atomic mass is 9.98. The molecule has 0 fully saturated rings. The second-order valence-electron chi connectivity index (χ2n) is 6.77. The quantitative estimate of drug-likeness (QED) is 0.508. The van der Waals surface area contributed by atoms with Gasteiger partial charge in [-0.1, -0.05) is 58.4 Å². The molecule has 1 heterocycles. The number of hydrogen-bond donors (Lipinski definition) is 0. The molecule has 0 spiro atoms. The van der Waals surface area contributed by atoms with Gasteiger partial charge in [0.2, 0.25) is 0 Å². The molecule has 0 N–H and O–H groups in total. The van der Waals surface area contributed by atoms with E-state index in [9.17, 15) is 0 Å². The largest absolute Gasteiger partial charge is 0.497 e. The van der Waals surface area contributed by atoms with Crippen LogP contribution in [0.15, 0.2) is 23.5 Å². The van der Waals surface area contributed by atoms with Crippen molar-refractivity contribution < 1.29 is 4.74 Å². The van der Waals surface area contributed by atoms with E-state index in [1.54, 1.807) is 18.0 Å². The van der Waals surface area contributed by atoms with Gasteiger partial charge >= 0.3 is 0 Å². The first kappa shape index (κ1) is 18.7. The van der Waals surface area contributed by atoms with Crippen LogP contribution in [0, 0.1) is 0 Å². The van der Waals surface area contributed by atoms with E-state index in [1.165, 1.54) is 49.4 Å². The van der Waals surface area contributed by atoms with E-state index in [-0.39, 0.29) is 0 Å². The van der Waals surface area contributed by atoms with Crippen molar-refractivity contribution in [1.82, 2.24) is 0 Å². The highest BCUT2D eigenvalue weighted by molar-refractivity contribution is 8.21. The van der Waals surface area contributed by atoms with E-state index >= 15 is 0 Å². The van der Waals surface area contributed by atoms with Crippen LogP contribution in [0.5, 0.6) is 5.75 Å². The van der Waals surface area contributed by atoms with E-state index in [1.807, 2.05) is 0 Å². The molecule has 128 valence electrons. The van der Waals surface area contributed by atoms with Gasteiger partial charge in [0, 0.05) is 11.3 Å². The SMILES string of the molecule is CCCCC1=C(CCCC)P(=S)(C(C)C)c2cc(OC)ccc21. The maximum Gasteiger partial charge on any atom is 0.119 e. The molecule has 1 aliphatic heterocycles. The molecule has 23 heavy (non-hydrogen) atoms. The lowest BCUT2D eigenvalue weighted by Gasteiger charge is -2.27. The Balaban J connectivity index is 2.62. The third kappa shape index (κ3) is 3.44. The predicted molar refractivity (Wildman–Crippen MR) is 108 cm³/mol. The maximum atomic E-state index is 6.41. The Morgan fingerprint density at radius 3 is 2.30 bits per heavy atom. The van der Waals surface area contributed by atoms with Crippen molar-refractivity contribution in [2.75, 3.05) is 7.11 Å². The second kappa shape index (κ2) is 7.99. The zero-order valence-corrected chi connectivity index (χ0v) is 17.0. The third-order valence-corrected chi connectivity index (χ3v) is 11.3. The van der Waals surface area contributed by atoms with E-state index in [2.05, 4.69) is 45.9 Å². The molecule has 0 aromatic heterocycles. The highest BCUT2D eigenvalue weighted by Crippen LogP contribution is 2.66. The summed E-state index contributed by atoms with van der Waals surface area (Å²) in [4.78, 5) is 0. The Kier molecular flexibility index (Phi) is 6.51. The maximum absolute atomic E-state index is 6.41. The summed E-state index contributed by atoms with van der Waals surface area (Å²) in [7, 11) is 1.75. The molecule has 3 heteroatoms. The minimum absolute atomic E-state index is 0.523. The number of benzene rings is 1. The number of methoxy groups -OCH3 is 1. The molecule has 0 saturated carbocycles. The van der Waals surface area contributed by atoms with E-state index in [0.29, 0.717) is 5.66 Å². The number of fused-ring (bicyclic) bond motifs is 1. The topological polar surface area (TPSA) is 9.23 Å². The molecule has 1 aromatic carbocycles. The molecule has 2 rings (SSSR count). The molecule has 0 saturated heterocycles. The molecule has 0 amide bonds. The first-order chi connectivity index (χ1) is 11.0. The van der Waals surface area contributed by atoms with Crippen LogP contribution in [-0.2, 0) is 11.8 Å². The number of rotatable bonds is 8. The van der Waals surface area contributed by atoms with Crippen molar-refractivity contribution in [3.8, 4) is 5.75 Å². The van der Waals surface area contributed by atoms with Gasteiger partial charge in [-0.3, -0.25) is 0 Å². The summed E-state index contributed by atoms with van der Waals surface area (Å²) in [6.07, 6.45) is 7.34. The summed E-state index contributed by atoms with van der Waals surface area (Å²) in [5.41, 5.74) is 3.53. The standard InChI is InChI=1S/C20H31OPS/c1-6-8-10-17-18-13-12-16(21-5)14-20(18)22(23,15(3)4)19(17)11-9-7-2/h12-15H,6-11H2,1-5H3. The lowest BCUT2D eigenvalue weighted by Crippen LogP contribution is -2.12. The molecule has 1 nitrogen and oxygen atoms in total. The molecule has 1 atom stereocenters. The van der Waals surface area contributed by atoms with Crippen molar-refractivity contribution in [3.63, 3.8) is 0 Å². The monoisotopic (exact) mass is 350 g/mol. The Morgan fingerprint density at radius 1 is 1.09 bits per heavy atom. The Morgan fingerprint density at radius 2 is 1.74 bits per heavy atom. The van der Waals surface area contributed by atoms with Gasteiger partial charge in [0.15, 0.2) is 0 Å². The van der Waals surface area contributed by atoms with Crippen LogP contribution in [0.1, 0.15) is 71.8 Å². The van der Waals surface area contributed by atoms with Gasteiger partial charge < -0.3 is 4.74 Å². The minimum atomic E-state index is -1.68. The van der Waals surface area contributed by atoms with Gasteiger partial charge in [0.25, 0.3) is 0 Å². The highest BCUT2D eigenvalue weighted by Gasteiger charge is 2.38.